The Labute approximate surface area is 128 Å². The van der Waals surface area contributed by atoms with Gasteiger partial charge in [-0.25, -0.2) is 13.3 Å². The van der Waals surface area contributed by atoms with E-state index in [1.54, 1.807) is 24.5 Å². The van der Waals surface area contributed by atoms with Crippen molar-refractivity contribution in [3.05, 3.63) is 36.7 Å². The number of hydrogen-bond acceptors (Lipinski definition) is 6. The predicted molar refractivity (Wildman–Crippen MR) is 80.1 cm³/mol. The number of nitrogens with one attached hydrogen (secondary N) is 1. The van der Waals surface area contributed by atoms with Gasteiger partial charge in [-0.1, -0.05) is 12.1 Å². The third kappa shape index (κ3) is 2.96. The van der Waals surface area contributed by atoms with Gasteiger partial charge in [0, 0.05) is 36.8 Å². The zero-order chi connectivity index (χ0) is 15.6. The van der Waals surface area contributed by atoms with Crippen molar-refractivity contribution in [1.82, 2.24) is 14.8 Å². The summed E-state index contributed by atoms with van der Waals surface area (Å²) in [6, 6.07) is 6.68. The number of pyridine rings is 1. The minimum atomic E-state index is -3.82. The van der Waals surface area contributed by atoms with Crippen LogP contribution in [0.3, 0.4) is 0 Å². The smallest absolute Gasteiger partial charge is 0.267 e. The maximum atomic E-state index is 12.6. The van der Waals surface area contributed by atoms with Gasteiger partial charge in [-0.3, -0.25) is 4.98 Å². The topological polar surface area (TPSA) is 80.8 Å². The van der Waals surface area contributed by atoms with Crippen LogP contribution in [-0.2, 0) is 19.9 Å². The lowest BCUT2D eigenvalue weighted by molar-refractivity contribution is -0.405. The zero-order valence-electron chi connectivity index (χ0n) is 12.1. The highest BCUT2D eigenvalue weighted by molar-refractivity contribution is 7.89. The number of fused-ring (bicyclic) bond motifs is 1. The van der Waals surface area contributed by atoms with E-state index in [2.05, 4.69) is 10.3 Å². The average Bonchev–Trinajstić information content (AvgIpc) is 3.05. The molecule has 1 saturated heterocycles. The molecule has 1 aliphatic rings. The van der Waals surface area contributed by atoms with Crippen LogP contribution in [0.4, 0.5) is 0 Å². The highest BCUT2D eigenvalue weighted by Gasteiger charge is 2.26. The van der Waals surface area contributed by atoms with Crippen LogP contribution in [0.5, 0.6) is 0 Å². The van der Waals surface area contributed by atoms with Crippen LogP contribution in [-0.4, -0.2) is 44.1 Å². The molecule has 3 rings (SSSR count). The molecule has 1 aromatic carbocycles. The van der Waals surface area contributed by atoms with E-state index in [1.165, 1.54) is 13.1 Å². The lowest BCUT2D eigenvalue weighted by Crippen LogP contribution is -2.30. The minimum absolute atomic E-state index is 0.144. The van der Waals surface area contributed by atoms with Gasteiger partial charge in [0.2, 0.25) is 0 Å². The highest BCUT2D eigenvalue weighted by atomic mass is 32.2. The van der Waals surface area contributed by atoms with E-state index >= 15 is 0 Å². The molecule has 118 valence electrons. The predicted octanol–water partition coefficient (Wildman–Crippen LogP) is 1.08. The van der Waals surface area contributed by atoms with Crippen LogP contribution in [0.25, 0.3) is 10.8 Å². The lowest BCUT2D eigenvalue weighted by Gasteiger charge is -2.18. The first-order valence-corrected chi connectivity index (χ1v) is 8.39. The molecule has 22 heavy (non-hydrogen) atoms. The quantitative estimate of drug-likeness (QED) is 0.655. The van der Waals surface area contributed by atoms with E-state index in [-0.39, 0.29) is 11.0 Å². The maximum Gasteiger partial charge on any atom is 0.267 e. The summed E-state index contributed by atoms with van der Waals surface area (Å²) in [4.78, 5) is 14.3. The second-order valence-electron chi connectivity index (χ2n) is 5.05. The van der Waals surface area contributed by atoms with Crippen LogP contribution in [0.1, 0.15) is 6.42 Å². The van der Waals surface area contributed by atoms with Crippen molar-refractivity contribution in [2.24, 2.45) is 0 Å². The molecular formula is C14H17N3O4S. The van der Waals surface area contributed by atoms with Crippen LogP contribution >= 0.6 is 0 Å². The van der Waals surface area contributed by atoms with E-state index in [1.807, 2.05) is 6.07 Å². The molecule has 1 aromatic heterocycles. The number of rotatable bonds is 5. The number of hydroxylamine groups is 1. The molecule has 0 spiro atoms. The number of aromatic nitrogens is 1. The van der Waals surface area contributed by atoms with Crippen molar-refractivity contribution < 1.29 is 18.3 Å². The average molecular weight is 323 g/mol. The Balaban J connectivity index is 1.84. The first-order chi connectivity index (χ1) is 10.6. The first kappa shape index (κ1) is 15.3. The van der Waals surface area contributed by atoms with E-state index < -0.39 is 10.0 Å². The Kier molecular flexibility index (Phi) is 4.37. The summed E-state index contributed by atoms with van der Waals surface area (Å²) in [5.74, 6) is 0. The molecule has 1 N–H and O–H groups in total. The molecule has 0 amide bonds. The van der Waals surface area contributed by atoms with Gasteiger partial charge in [0.15, 0.2) is 0 Å². The van der Waals surface area contributed by atoms with E-state index in [0.29, 0.717) is 11.9 Å². The third-order valence-electron chi connectivity index (χ3n) is 3.56. The first-order valence-electron chi connectivity index (χ1n) is 6.95. The van der Waals surface area contributed by atoms with Gasteiger partial charge in [0.1, 0.15) is 6.10 Å². The monoisotopic (exact) mass is 323 g/mol. The molecule has 1 atom stereocenters. The molecule has 2 heterocycles. The summed E-state index contributed by atoms with van der Waals surface area (Å²) >= 11 is 0. The van der Waals surface area contributed by atoms with Gasteiger partial charge in [-0.2, -0.15) is 0 Å². The molecule has 1 fully saturated rings. The van der Waals surface area contributed by atoms with Crippen LogP contribution in [0, 0.1) is 0 Å². The summed E-state index contributed by atoms with van der Waals surface area (Å²) in [6.07, 6.45) is 3.82. The van der Waals surface area contributed by atoms with Crippen LogP contribution in [0.2, 0.25) is 0 Å². The van der Waals surface area contributed by atoms with Gasteiger partial charge >= 0.3 is 0 Å². The minimum Gasteiger partial charge on any atom is -0.314 e. The molecule has 1 aliphatic heterocycles. The summed E-state index contributed by atoms with van der Waals surface area (Å²) in [6.45, 7) is 1.48. The van der Waals surface area contributed by atoms with Gasteiger partial charge in [0.05, 0.1) is 4.90 Å². The summed E-state index contributed by atoms with van der Waals surface area (Å²) in [5.41, 5.74) is 0. The SMILES string of the molecule is CN(OOC1CCNC1)S(=O)(=O)c1cccc2cnccc12. The van der Waals surface area contributed by atoms with E-state index in [0.717, 1.165) is 22.8 Å². The van der Waals surface area contributed by atoms with Crippen molar-refractivity contribution in [3.8, 4) is 0 Å². The van der Waals surface area contributed by atoms with Crippen molar-refractivity contribution in [1.29, 1.82) is 0 Å². The normalized spacial score (nSPS) is 19.1. The van der Waals surface area contributed by atoms with Gasteiger partial charge in [-0.15, -0.1) is 4.99 Å². The number of hydrogen-bond donors (Lipinski definition) is 1. The fourth-order valence-electron chi connectivity index (χ4n) is 2.33. The van der Waals surface area contributed by atoms with Gasteiger partial charge < -0.3 is 5.32 Å². The Morgan fingerprint density at radius 1 is 1.36 bits per heavy atom. The molecule has 0 saturated carbocycles. The molecule has 8 heteroatoms. The van der Waals surface area contributed by atoms with Crippen LogP contribution in [0.15, 0.2) is 41.6 Å². The van der Waals surface area contributed by atoms with Crippen molar-refractivity contribution in [2.45, 2.75) is 17.4 Å². The summed E-state index contributed by atoms with van der Waals surface area (Å²) in [5, 5.41) is 4.45. The Bertz CT molecular complexity index is 754. The maximum absolute atomic E-state index is 12.6. The molecule has 0 radical (unpaired) electrons. The third-order valence-corrected chi connectivity index (χ3v) is 5.21. The second kappa shape index (κ2) is 6.27. The zero-order valence-corrected chi connectivity index (χ0v) is 12.9. The van der Waals surface area contributed by atoms with Crippen molar-refractivity contribution in [2.75, 3.05) is 20.1 Å². The lowest BCUT2D eigenvalue weighted by atomic mass is 10.2. The van der Waals surface area contributed by atoms with Gasteiger partial charge in [0.25, 0.3) is 10.0 Å². The molecule has 0 aliphatic carbocycles. The molecular weight excluding hydrogens is 306 g/mol. The summed E-state index contributed by atoms with van der Waals surface area (Å²) < 4.78 is 26.0. The Hall–Kier alpha value is -1.58. The molecule has 2 aromatic rings. The highest BCUT2D eigenvalue weighted by Crippen LogP contribution is 2.24. The Morgan fingerprint density at radius 3 is 3.00 bits per heavy atom. The van der Waals surface area contributed by atoms with Crippen LogP contribution < -0.4 is 5.32 Å². The molecule has 7 nitrogen and oxygen atoms in total. The molecule has 1 unspecified atom stereocenters. The number of sulfonamides is 1. The number of nitrogens with zero attached hydrogens (tertiary/aromatic N) is 2. The van der Waals surface area contributed by atoms with Gasteiger partial charge in [-0.05, 0) is 29.6 Å². The van der Waals surface area contributed by atoms with Crippen molar-refractivity contribution >= 4 is 20.8 Å². The fraction of sp³-hybridized carbons (Fsp3) is 0.357. The van der Waals surface area contributed by atoms with Crippen molar-refractivity contribution in [3.63, 3.8) is 0 Å². The van der Waals surface area contributed by atoms with E-state index in [9.17, 15) is 8.42 Å². The largest absolute Gasteiger partial charge is 0.314 e. The molecule has 0 bridgehead atoms. The summed E-state index contributed by atoms with van der Waals surface area (Å²) in [7, 11) is -2.50. The number of benzene rings is 1. The fourth-order valence-corrected chi connectivity index (χ4v) is 3.43. The van der Waals surface area contributed by atoms with E-state index in [4.69, 9.17) is 9.88 Å². The second-order valence-corrected chi connectivity index (χ2v) is 6.96. The Morgan fingerprint density at radius 2 is 2.23 bits per heavy atom. The standard InChI is InChI=1S/C14H17N3O4S/c1-17(21-20-12-5-7-16-10-12)22(18,19)14-4-2-3-11-9-15-8-6-13(11)14/h2-4,6,8-9,12,16H,5,7,10H2,1H3.